The minimum Gasteiger partial charge on any atom is -0.395 e. The van der Waals surface area contributed by atoms with Crippen LogP contribution in [0.2, 0.25) is 0 Å². The number of aliphatic hydroxyl groups excluding tert-OH is 1. The number of rotatable bonds is 9. The monoisotopic (exact) mass is 230 g/mol. The van der Waals surface area contributed by atoms with Gasteiger partial charge in [0, 0.05) is 19.1 Å². The second-order valence-corrected chi connectivity index (χ2v) is 5.35. The van der Waals surface area contributed by atoms with Crippen LogP contribution in [0.1, 0.15) is 40.5 Å². The Hall–Kier alpha value is -0.120. The van der Waals surface area contributed by atoms with E-state index in [0.717, 1.165) is 19.6 Å². The highest BCUT2D eigenvalue weighted by molar-refractivity contribution is 4.83. The molecule has 0 aliphatic carbocycles. The number of nitrogens with one attached hydrogen (secondary N) is 1. The smallest absolute Gasteiger partial charge is 0.0558 e. The highest BCUT2D eigenvalue weighted by Gasteiger charge is 2.26. The molecule has 0 saturated carbocycles. The lowest BCUT2D eigenvalue weighted by molar-refractivity contribution is 0.121. The SMILES string of the molecule is CCCCN(CCO)CC(C)(C)C(C)NC. The third-order valence-electron chi connectivity index (χ3n) is 3.48. The number of aliphatic hydroxyl groups is 1. The molecule has 0 aliphatic rings. The Bertz CT molecular complexity index is 171. The molecular formula is C13H30N2O. The van der Waals surface area contributed by atoms with Gasteiger partial charge in [-0.05, 0) is 32.4 Å². The third kappa shape index (κ3) is 5.83. The summed E-state index contributed by atoms with van der Waals surface area (Å²) in [5, 5.41) is 12.4. The quantitative estimate of drug-likeness (QED) is 0.633. The summed E-state index contributed by atoms with van der Waals surface area (Å²) in [6.07, 6.45) is 2.42. The zero-order chi connectivity index (χ0) is 12.6. The summed E-state index contributed by atoms with van der Waals surface area (Å²) in [6.45, 7) is 12.2. The van der Waals surface area contributed by atoms with Gasteiger partial charge >= 0.3 is 0 Å². The molecular weight excluding hydrogens is 200 g/mol. The first-order chi connectivity index (χ1) is 7.47. The van der Waals surface area contributed by atoms with Crippen molar-refractivity contribution in [1.29, 1.82) is 0 Å². The van der Waals surface area contributed by atoms with Gasteiger partial charge in [0.1, 0.15) is 0 Å². The van der Waals surface area contributed by atoms with E-state index in [1.165, 1.54) is 12.8 Å². The second-order valence-electron chi connectivity index (χ2n) is 5.35. The van der Waals surface area contributed by atoms with Crippen molar-refractivity contribution in [1.82, 2.24) is 10.2 Å². The zero-order valence-corrected chi connectivity index (χ0v) is 11.7. The largest absolute Gasteiger partial charge is 0.395 e. The maximum absolute atomic E-state index is 9.07. The maximum atomic E-state index is 9.07. The zero-order valence-electron chi connectivity index (χ0n) is 11.7. The van der Waals surface area contributed by atoms with Crippen LogP contribution in [0.3, 0.4) is 0 Å². The summed E-state index contributed by atoms with van der Waals surface area (Å²) in [5.74, 6) is 0. The standard InChI is InChI=1S/C13H30N2O/c1-6-7-8-15(9-10-16)11-13(3,4)12(2)14-5/h12,14,16H,6-11H2,1-5H3. The molecule has 0 radical (unpaired) electrons. The molecule has 0 spiro atoms. The van der Waals surface area contributed by atoms with Crippen molar-refractivity contribution in [3.63, 3.8) is 0 Å². The fourth-order valence-corrected chi connectivity index (χ4v) is 1.90. The van der Waals surface area contributed by atoms with Gasteiger partial charge in [0.2, 0.25) is 0 Å². The molecule has 3 heteroatoms. The lowest BCUT2D eigenvalue weighted by Crippen LogP contribution is -2.46. The molecule has 0 heterocycles. The second kappa shape index (κ2) is 8.04. The molecule has 0 amide bonds. The average molecular weight is 230 g/mol. The minimum atomic E-state index is 0.234. The number of hydrogen-bond acceptors (Lipinski definition) is 3. The molecule has 0 aromatic heterocycles. The summed E-state index contributed by atoms with van der Waals surface area (Å²) in [6, 6.07) is 0.482. The van der Waals surface area contributed by atoms with Gasteiger partial charge in [-0.1, -0.05) is 27.2 Å². The molecule has 0 aliphatic heterocycles. The van der Waals surface area contributed by atoms with E-state index in [0.29, 0.717) is 6.04 Å². The Labute approximate surface area is 101 Å². The fraction of sp³-hybridized carbons (Fsp3) is 1.00. The van der Waals surface area contributed by atoms with E-state index in [1.54, 1.807) is 0 Å². The summed E-state index contributed by atoms with van der Waals surface area (Å²) in [5.41, 5.74) is 0.234. The Kier molecular flexibility index (Phi) is 7.98. The van der Waals surface area contributed by atoms with Gasteiger partial charge in [-0.15, -0.1) is 0 Å². The molecule has 16 heavy (non-hydrogen) atoms. The van der Waals surface area contributed by atoms with Crippen molar-refractivity contribution in [2.75, 3.05) is 33.3 Å². The summed E-state index contributed by atoms with van der Waals surface area (Å²) >= 11 is 0. The van der Waals surface area contributed by atoms with Crippen LogP contribution in [0.5, 0.6) is 0 Å². The molecule has 2 N–H and O–H groups in total. The average Bonchev–Trinajstić information content (AvgIpc) is 2.24. The van der Waals surface area contributed by atoms with E-state index in [9.17, 15) is 0 Å². The van der Waals surface area contributed by atoms with Crippen LogP contribution in [-0.2, 0) is 0 Å². The molecule has 0 rings (SSSR count). The normalized spacial score (nSPS) is 14.4. The summed E-state index contributed by atoms with van der Waals surface area (Å²) in [7, 11) is 2.01. The van der Waals surface area contributed by atoms with Crippen LogP contribution in [0.4, 0.5) is 0 Å². The Morgan fingerprint density at radius 3 is 2.38 bits per heavy atom. The number of unbranched alkanes of at least 4 members (excludes halogenated alkanes) is 1. The molecule has 0 saturated heterocycles. The molecule has 0 fully saturated rings. The van der Waals surface area contributed by atoms with Crippen molar-refractivity contribution >= 4 is 0 Å². The molecule has 0 bridgehead atoms. The summed E-state index contributed by atoms with van der Waals surface area (Å²) in [4.78, 5) is 2.37. The first kappa shape index (κ1) is 15.9. The summed E-state index contributed by atoms with van der Waals surface area (Å²) < 4.78 is 0. The van der Waals surface area contributed by atoms with Crippen LogP contribution in [0.15, 0.2) is 0 Å². The number of hydrogen-bond donors (Lipinski definition) is 2. The van der Waals surface area contributed by atoms with Crippen molar-refractivity contribution in [3.8, 4) is 0 Å². The van der Waals surface area contributed by atoms with Crippen LogP contribution < -0.4 is 5.32 Å². The van der Waals surface area contributed by atoms with E-state index in [2.05, 4.69) is 37.9 Å². The Morgan fingerprint density at radius 1 is 1.31 bits per heavy atom. The predicted octanol–water partition coefficient (Wildman–Crippen LogP) is 1.71. The van der Waals surface area contributed by atoms with E-state index in [4.69, 9.17) is 5.11 Å². The van der Waals surface area contributed by atoms with E-state index in [-0.39, 0.29) is 12.0 Å². The molecule has 98 valence electrons. The van der Waals surface area contributed by atoms with Gasteiger partial charge in [0.05, 0.1) is 6.61 Å². The predicted molar refractivity (Wildman–Crippen MR) is 70.7 cm³/mol. The molecule has 3 nitrogen and oxygen atoms in total. The van der Waals surface area contributed by atoms with Gasteiger partial charge in [0.25, 0.3) is 0 Å². The van der Waals surface area contributed by atoms with Gasteiger partial charge in [-0.3, -0.25) is 0 Å². The van der Waals surface area contributed by atoms with Crippen LogP contribution >= 0.6 is 0 Å². The fourth-order valence-electron chi connectivity index (χ4n) is 1.90. The Balaban J connectivity index is 4.24. The Morgan fingerprint density at radius 2 is 1.94 bits per heavy atom. The van der Waals surface area contributed by atoms with Crippen LogP contribution in [0.25, 0.3) is 0 Å². The van der Waals surface area contributed by atoms with Gasteiger partial charge in [0.15, 0.2) is 0 Å². The molecule has 0 aromatic rings. The molecule has 0 aromatic carbocycles. The van der Waals surface area contributed by atoms with Crippen LogP contribution in [-0.4, -0.2) is 49.3 Å². The highest BCUT2D eigenvalue weighted by Crippen LogP contribution is 2.22. The van der Waals surface area contributed by atoms with Crippen molar-refractivity contribution in [3.05, 3.63) is 0 Å². The van der Waals surface area contributed by atoms with E-state index < -0.39 is 0 Å². The third-order valence-corrected chi connectivity index (χ3v) is 3.48. The highest BCUT2D eigenvalue weighted by atomic mass is 16.3. The van der Waals surface area contributed by atoms with Gasteiger partial charge < -0.3 is 15.3 Å². The first-order valence-corrected chi connectivity index (χ1v) is 6.48. The first-order valence-electron chi connectivity index (χ1n) is 6.48. The van der Waals surface area contributed by atoms with E-state index >= 15 is 0 Å². The van der Waals surface area contributed by atoms with Crippen molar-refractivity contribution in [2.45, 2.75) is 46.6 Å². The molecule has 1 unspecified atom stereocenters. The lowest BCUT2D eigenvalue weighted by atomic mass is 9.85. The van der Waals surface area contributed by atoms with Gasteiger partial charge in [-0.2, -0.15) is 0 Å². The van der Waals surface area contributed by atoms with Gasteiger partial charge in [-0.25, -0.2) is 0 Å². The van der Waals surface area contributed by atoms with Crippen LogP contribution in [0, 0.1) is 5.41 Å². The maximum Gasteiger partial charge on any atom is 0.0558 e. The van der Waals surface area contributed by atoms with E-state index in [1.807, 2.05) is 7.05 Å². The lowest BCUT2D eigenvalue weighted by Gasteiger charge is -2.37. The van der Waals surface area contributed by atoms with Crippen molar-refractivity contribution in [2.24, 2.45) is 5.41 Å². The number of nitrogens with zero attached hydrogens (tertiary/aromatic N) is 1. The minimum absolute atomic E-state index is 0.234. The topological polar surface area (TPSA) is 35.5 Å². The molecule has 1 atom stereocenters. The van der Waals surface area contributed by atoms with Crippen molar-refractivity contribution < 1.29 is 5.11 Å².